The van der Waals surface area contributed by atoms with Crippen LogP contribution in [0.4, 0.5) is 0 Å². The Labute approximate surface area is 188 Å². The van der Waals surface area contributed by atoms with Crippen LogP contribution >= 0.6 is 0 Å². The van der Waals surface area contributed by atoms with Gasteiger partial charge in [-0.25, -0.2) is 0 Å². The summed E-state index contributed by atoms with van der Waals surface area (Å²) in [5.41, 5.74) is 4.96. The zero-order chi connectivity index (χ0) is 22.3. The van der Waals surface area contributed by atoms with E-state index in [2.05, 4.69) is 42.8 Å². The Bertz CT molecular complexity index is 1190. The van der Waals surface area contributed by atoms with Crippen LogP contribution in [0, 0.1) is 0 Å². The second-order valence-electron chi connectivity index (χ2n) is 9.35. The average Bonchev–Trinajstić information content (AvgIpc) is 3.10. The van der Waals surface area contributed by atoms with E-state index in [0.717, 1.165) is 29.0 Å². The molecule has 0 unspecified atom stereocenters. The standard InChI is InChI=1S/C27H26N2O3/c1-27(2,3)20-6-4-18(5-7-20)14-24-25(30)21-8-9-23-22(26(21)32-24)16-29(17-31-23)15-19-10-12-28-13-11-19/h4-14H,15-17H2,1-3H3/b24-14-. The SMILES string of the molecule is CC(C)(C)c1ccc(/C=C2\Oc3c(ccc4c3CN(Cc3ccncc3)CO4)C2=O)cc1. The number of pyridine rings is 1. The smallest absolute Gasteiger partial charge is 0.231 e. The number of rotatable bonds is 3. The van der Waals surface area contributed by atoms with Crippen molar-refractivity contribution in [2.45, 2.75) is 39.3 Å². The van der Waals surface area contributed by atoms with Crippen LogP contribution in [0.3, 0.4) is 0 Å². The Morgan fingerprint density at radius 3 is 2.50 bits per heavy atom. The number of ether oxygens (including phenoxy) is 2. The molecule has 162 valence electrons. The van der Waals surface area contributed by atoms with E-state index in [1.165, 1.54) is 5.56 Å². The molecule has 3 heterocycles. The molecule has 2 aliphatic heterocycles. The highest BCUT2D eigenvalue weighted by molar-refractivity contribution is 6.15. The van der Waals surface area contributed by atoms with Crippen LogP contribution in [0.2, 0.25) is 0 Å². The van der Waals surface area contributed by atoms with Crippen molar-refractivity contribution < 1.29 is 14.3 Å². The van der Waals surface area contributed by atoms with Gasteiger partial charge in [0, 0.05) is 25.5 Å². The van der Waals surface area contributed by atoms with Crippen LogP contribution in [-0.2, 0) is 18.5 Å². The van der Waals surface area contributed by atoms with Crippen molar-refractivity contribution in [3.8, 4) is 11.5 Å². The summed E-state index contributed by atoms with van der Waals surface area (Å²) in [6.07, 6.45) is 5.40. The van der Waals surface area contributed by atoms with Crippen molar-refractivity contribution >= 4 is 11.9 Å². The molecule has 0 fully saturated rings. The molecule has 0 bridgehead atoms. The van der Waals surface area contributed by atoms with E-state index in [0.29, 0.717) is 30.3 Å². The highest BCUT2D eigenvalue weighted by Gasteiger charge is 2.33. The molecule has 3 aromatic rings. The number of ketones is 1. The largest absolute Gasteiger partial charge is 0.478 e. The predicted molar refractivity (Wildman–Crippen MR) is 123 cm³/mol. The number of fused-ring (bicyclic) bond motifs is 3. The topological polar surface area (TPSA) is 51.7 Å². The zero-order valence-electron chi connectivity index (χ0n) is 18.6. The van der Waals surface area contributed by atoms with Gasteiger partial charge in [-0.15, -0.1) is 0 Å². The number of benzene rings is 2. The molecule has 2 aliphatic rings. The fraction of sp³-hybridized carbons (Fsp3) is 0.259. The highest BCUT2D eigenvalue weighted by atomic mass is 16.5. The van der Waals surface area contributed by atoms with Crippen molar-refractivity contribution in [3.05, 3.63) is 94.5 Å². The van der Waals surface area contributed by atoms with Gasteiger partial charge in [0.05, 0.1) is 11.1 Å². The molecule has 0 aliphatic carbocycles. The van der Waals surface area contributed by atoms with Crippen molar-refractivity contribution in [3.63, 3.8) is 0 Å². The summed E-state index contributed by atoms with van der Waals surface area (Å²) in [6, 6.07) is 15.9. The summed E-state index contributed by atoms with van der Waals surface area (Å²) in [4.78, 5) is 19.3. The minimum atomic E-state index is -0.0889. The first-order valence-electron chi connectivity index (χ1n) is 10.8. The lowest BCUT2D eigenvalue weighted by Crippen LogP contribution is -2.31. The molecular formula is C27H26N2O3. The Morgan fingerprint density at radius 1 is 1.03 bits per heavy atom. The molecule has 2 aromatic carbocycles. The van der Waals surface area contributed by atoms with Crippen LogP contribution in [0.5, 0.6) is 11.5 Å². The maximum absolute atomic E-state index is 13.0. The van der Waals surface area contributed by atoms with Gasteiger partial charge >= 0.3 is 0 Å². The van der Waals surface area contributed by atoms with E-state index in [9.17, 15) is 4.79 Å². The molecule has 5 heteroatoms. The number of aromatic nitrogens is 1. The first kappa shape index (κ1) is 20.5. The van der Waals surface area contributed by atoms with Gasteiger partial charge in [-0.1, -0.05) is 45.0 Å². The van der Waals surface area contributed by atoms with Crippen LogP contribution in [0.1, 0.15) is 53.4 Å². The van der Waals surface area contributed by atoms with E-state index in [1.807, 2.05) is 36.4 Å². The lowest BCUT2D eigenvalue weighted by atomic mass is 9.86. The van der Waals surface area contributed by atoms with E-state index >= 15 is 0 Å². The Balaban J connectivity index is 1.40. The van der Waals surface area contributed by atoms with Crippen molar-refractivity contribution in [2.24, 2.45) is 0 Å². The first-order valence-corrected chi connectivity index (χ1v) is 10.8. The van der Waals surface area contributed by atoms with Gasteiger partial charge in [0.25, 0.3) is 0 Å². The fourth-order valence-electron chi connectivity index (χ4n) is 4.08. The molecule has 0 N–H and O–H groups in total. The number of hydrogen-bond donors (Lipinski definition) is 0. The summed E-state index contributed by atoms with van der Waals surface area (Å²) in [6.45, 7) is 8.44. The van der Waals surface area contributed by atoms with Gasteiger partial charge in [0.2, 0.25) is 5.78 Å². The highest BCUT2D eigenvalue weighted by Crippen LogP contribution is 2.42. The average molecular weight is 427 g/mol. The molecular weight excluding hydrogens is 400 g/mol. The fourth-order valence-corrected chi connectivity index (χ4v) is 4.08. The number of allylic oxidation sites excluding steroid dienone is 1. The minimum Gasteiger partial charge on any atom is -0.478 e. The summed E-state index contributed by atoms with van der Waals surface area (Å²) >= 11 is 0. The monoisotopic (exact) mass is 426 g/mol. The van der Waals surface area contributed by atoms with E-state index in [4.69, 9.17) is 9.47 Å². The molecule has 1 aromatic heterocycles. The number of hydrogen-bond acceptors (Lipinski definition) is 5. The molecule has 5 nitrogen and oxygen atoms in total. The third-order valence-corrected chi connectivity index (χ3v) is 5.91. The molecule has 0 radical (unpaired) electrons. The number of nitrogens with zero attached hydrogens (tertiary/aromatic N) is 2. The normalized spacial score (nSPS) is 17.0. The van der Waals surface area contributed by atoms with Gasteiger partial charge < -0.3 is 9.47 Å². The van der Waals surface area contributed by atoms with E-state index < -0.39 is 0 Å². The zero-order valence-corrected chi connectivity index (χ0v) is 18.6. The van der Waals surface area contributed by atoms with Gasteiger partial charge in [0.15, 0.2) is 5.76 Å². The summed E-state index contributed by atoms with van der Waals surface area (Å²) in [7, 11) is 0. The van der Waals surface area contributed by atoms with Crippen LogP contribution in [-0.4, -0.2) is 22.4 Å². The van der Waals surface area contributed by atoms with Gasteiger partial charge in [-0.3, -0.25) is 14.7 Å². The third-order valence-electron chi connectivity index (χ3n) is 5.91. The summed E-state index contributed by atoms with van der Waals surface area (Å²) in [5.74, 6) is 1.65. The molecule has 0 amide bonds. The van der Waals surface area contributed by atoms with Crippen molar-refractivity contribution in [1.29, 1.82) is 0 Å². The van der Waals surface area contributed by atoms with Gasteiger partial charge in [-0.05, 0) is 52.4 Å². The third kappa shape index (κ3) is 3.92. The Kier molecular flexibility index (Phi) is 5.06. The van der Waals surface area contributed by atoms with Crippen LogP contribution in [0.25, 0.3) is 6.08 Å². The minimum absolute atomic E-state index is 0.0861. The molecule has 32 heavy (non-hydrogen) atoms. The second kappa shape index (κ2) is 7.92. The lowest BCUT2D eigenvalue weighted by Gasteiger charge is -2.29. The number of Topliss-reactive ketones (excluding diaryl/α,β-unsaturated/α-hetero) is 1. The summed E-state index contributed by atoms with van der Waals surface area (Å²) < 4.78 is 12.1. The predicted octanol–water partition coefficient (Wildman–Crippen LogP) is 5.35. The molecule has 0 spiro atoms. The van der Waals surface area contributed by atoms with E-state index in [1.54, 1.807) is 18.5 Å². The maximum atomic E-state index is 13.0. The quantitative estimate of drug-likeness (QED) is 0.529. The molecule has 0 saturated carbocycles. The van der Waals surface area contributed by atoms with Crippen molar-refractivity contribution in [2.75, 3.05) is 6.73 Å². The lowest BCUT2D eigenvalue weighted by molar-refractivity contribution is 0.0872. The first-order chi connectivity index (χ1) is 15.4. The Morgan fingerprint density at radius 2 is 1.78 bits per heavy atom. The second-order valence-corrected chi connectivity index (χ2v) is 9.35. The Hall–Kier alpha value is -3.44. The van der Waals surface area contributed by atoms with Gasteiger partial charge in [0.1, 0.15) is 18.2 Å². The molecule has 5 rings (SSSR count). The van der Waals surface area contributed by atoms with Crippen LogP contribution < -0.4 is 9.47 Å². The maximum Gasteiger partial charge on any atom is 0.231 e. The number of carbonyl (C=O) groups excluding carboxylic acids is 1. The van der Waals surface area contributed by atoms with Gasteiger partial charge in [-0.2, -0.15) is 0 Å². The van der Waals surface area contributed by atoms with E-state index in [-0.39, 0.29) is 11.2 Å². The van der Waals surface area contributed by atoms with Crippen molar-refractivity contribution in [1.82, 2.24) is 9.88 Å². The number of carbonyl (C=O) groups is 1. The molecule has 0 saturated heterocycles. The van der Waals surface area contributed by atoms with Crippen LogP contribution in [0.15, 0.2) is 66.7 Å². The molecule has 0 atom stereocenters. The summed E-state index contributed by atoms with van der Waals surface area (Å²) in [5, 5.41) is 0.